The Morgan fingerprint density at radius 3 is 1.00 bits per heavy atom. The van der Waals surface area contributed by atoms with Crippen LogP contribution in [0.2, 0.25) is 46.2 Å². The molecule has 0 bridgehead atoms. The van der Waals surface area contributed by atoms with Crippen molar-refractivity contribution in [1.82, 2.24) is 0 Å². The van der Waals surface area contributed by atoms with Crippen LogP contribution in [-0.2, 0) is 6.51 Å². The summed E-state index contributed by atoms with van der Waals surface area (Å²) in [6, 6.07) is 0. The van der Waals surface area contributed by atoms with Gasteiger partial charge in [0.2, 0.25) is 0 Å². The predicted molar refractivity (Wildman–Crippen MR) is 76.2 cm³/mol. The summed E-state index contributed by atoms with van der Waals surface area (Å²) in [7, 11) is 0. The Labute approximate surface area is 122 Å². The van der Waals surface area contributed by atoms with Crippen LogP contribution in [0.15, 0.2) is 0 Å². The van der Waals surface area contributed by atoms with Crippen molar-refractivity contribution in [1.29, 1.82) is 0 Å². The van der Waals surface area contributed by atoms with Gasteiger partial charge in [-0.05, 0) is 0 Å². The fraction of sp³-hybridized carbons (Fsp3) is 1.00. The molecule has 0 nitrogen and oxygen atoms in total. The van der Waals surface area contributed by atoms with Gasteiger partial charge in [0.25, 0.3) is 0 Å². The molecule has 0 radical (unpaired) electrons. The molecule has 1 spiro atoms. The normalized spacial score (nSPS) is 120. The first-order chi connectivity index (χ1) is 8.96. The molecular formula is C14H14Cl4Fe. The van der Waals surface area contributed by atoms with Crippen LogP contribution in [0.5, 0.6) is 0 Å². The SMILES string of the molecule is ClC[C]12[CH]3[CH]4[CH]5[C]1(CCl)[Fe]43521678[CH]2[CH]1[C]6(CCl)[C]7(CCl)[CH]28. The summed E-state index contributed by atoms with van der Waals surface area (Å²) < 4.78 is 2.29. The average Bonchev–Trinajstić information content (AvgIpc) is 3.39. The first kappa shape index (κ1) is 9.09. The fourth-order valence-electron chi connectivity index (χ4n) is 20.6. The van der Waals surface area contributed by atoms with Gasteiger partial charge in [0.1, 0.15) is 0 Å². The quantitative estimate of drug-likeness (QED) is 0.427. The Hall–Kier alpha value is 1.68. The first-order valence-electron chi connectivity index (χ1n) is 7.40. The van der Waals surface area contributed by atoms with E-state index in [9.17, 15) is 0 Å². The number of hydrogen-bond donors (Lipinski definition) is 0. The molecule has 0 amide bonds. The van der Waals surface area contributed by atoms with Gasteiger partial charge in [-0.1, -0.05) is 0 Å². The van der Waals surface area contributed by atoms with Crippen molar-refractivity contribution >= 4 is 46.4 Å². The van der Waals surface area contributed by atoms with Crippen molar-refractivity contribution in [3.05, 3.63) is 0 Å². The summed E-state index contributed by atoms with van der Waals surface area (Å²) in [6.07, 6.45) is 0. The van der Waals surface area contributed by atoms with Crippen LogP contribution in [0.3, 0.4) is 0 Å². The molecule has 0 N–H and O–H groups in total. The number of fused-ring (bicyclic) bond motifs is 10. The van der Waals surface area contributed by atoms with Crippen LogP contribution in [0.25, 0.3) is 0 Å². The van der Waals surface area contributed by atoms with E-state index in [4.69, 9.17) is 46.4 Å². The molecule has 5 heteroatoms. The second-order valence-corrected chi connectivity index (χ2v) is 35.1. The van der Waals surface area contributed by atoms with Crippen LogP contribution in [0.4, 0.5) is 0 Å². The zero-order valence-electron chi connectivity index (χ0n) is 10.2. The van der Waals surface area contributed by atoms with Crippen molar-refractivity contribution in [2.45, 2.75) is 46.2 Å². The van der Waals surface area contributed by atoms with E-state index >= 15 is 0 Å². The minimum atomic E-state index is -3.69. The summed E-state index contributed by atoms with van der Waals surface area (Å²) in [5, 5.41) is 0. The van der Waals surface area contributed by atoms with Crippen LogP contribution < -0.4 is 0 Å². The first-order valence-corrected chi connectivity index (χ1v) is 15.6. The molecule has 19 heavy (non-hydrogen) atoms. The monoisotopic (exact) mass is 378 g/mol. The fourth-order valence-corrected chi connectivity index (χ4v) is 112. The molecule has 0 aromatic heterocycles. The zero-order valence-corrected chi connectivity index (χ0v) is 14.3. The number of hydrogen-bond acceptors (Lipinski definition) is 0. The van der Waals surface area contributed by atoms with Crippen molar-refractivity contribution in [2.24, 2.45) is 0 Å². The minimum absolute atomic E-state index is 0.573. The van der Waals surface area contributed by atoms with Gasteiger partial charge in [0.05, 0.1) is 0 Å². The van der Waals surface area contributed by atoms with E-state index in [0.29, 0.717) is 17.3 Å². The molecule has 8 unspecified atom stereocenters. The Bertz CT molecular complexity index is 971. The van der Waals surface area contributed by atoms with E-state index in [1.54, 1.807) is 0 Å². The standard InChI is InChI=1S/2C7H7Cl2.Fe/c2*8-4-6-2-1-3-7(6)5-9;/h2*1-3H,4-5H2;. The molecule has 10 heterocycles. The summed E-state index contributed by atoms with van der Waals surface area (Å²) in [6.45, 7) is -3.69. The van der Waals surface area contributed by atoms with E-state index in [0.717, 1.165) is 52.4 Å². The van der Waals surface area contributed by atoms with Gasteiger partial charge >= 0.3 is 123 Å². The number of rotatable bonds is 4. The molecule has 10 saturated heterocycles. The van der Waals surface area contributed by atoms with E-state index in [-0.39, 0.29) is 0 Å². The van der Waals surface area contributed by atoms with Crippen LogP contribution in [0, 0.1) is 0 Å². The van der Waals surface area contributed by atoms with Crippen molar-refractivity contribution < 1.29 is 6.51 Å². The Morgan fingerprint density at radius 2 is 0.842 bits per heavy atom. The Morgan fingerprint density at radius 1 is 0.579 bits per heavy atom. The van der Waals surface area contributed by atoms with Crippen molar-refractivity contribution in [2.75, 3.05) is 23.5 Å². The van der Waals surface area contributed by atoms with Crippen LogP contribution >= 0.6 is 46.4 Å². The van der Waals surface area contributed by atoms with Gasteiger partial charge in [-0.2, -0.15) is 0 Å². The summed E-state index contributed by atoms with van der Waals surface area (Å²) in [5.74, 6) is 3.69. The number of alkyl halides is 4. The molecule has 8 atom stereocenters. The predicted octanol–water partition coefficient (Wildman–Crippen LogP) is 5.81. The van der Waals surface area contributed by atoms with E-state index in [1.165, 1.54) is 0 Å². The van der Waals surface area contributed by atoms with Crippen LogP contribution in [-0.4, -0.2) is 23.5 Å². The molecule has 0 aromatic carbocycles. The third kappa shape index (κ3) is 0.0858. The van der Waals surface area contributed by atoms with Crippen molar-refractivity contribution in [3.63, 3.8) is 0 Å². The van der Waals surface area contributed by atoms with Gasteiger partial charge in [-0.3, -0.25) is 0 Å². The zero-order chi connectivity index (χ0) is 12.6. The summed E-state index contributed by atoms with van der Waals surface area (Å²) in [4.78, 5) is 6.62. The van der Waals surface area contributed by atoms with Crippen molar-refractivity contribution in [3.8, 4) is 0 Å². The van der Waals surface area contributed by atoms with Gasteiger partial charge in [-0.15, -0.1) is 0 Å². The molecule has 106 valence electrons. The Kier molecular flexibility index (Phi) is 0.383. The van der Waals surface area contributed by atoms with E-state index in [2.05, 4.69) is 0 Å². The van der Waals surface area contributed by atoms with Crippen LogP contribution in [0.1, 0.15) is 0 Å². The number of halogens is 4. The van der Waals surface area contributed by atoms with Gasteiger partial charge in [0, 0.05) is 0 Å². The summed E-state index contributed by atoms with van der Waals surface area (Å²) >= 11 is 26.8. The van der Waals surface area contributed by atoms with Gasteiger partial charge in [-0.25, -0.2) is 0 Å². The maximum atomic E-state index is 6.71. The topological polar surface area (TPSA) is 0 Å². The third-order valence-corrected chi connectivity index (χ3v) is 65.7. The molecule has 0 saturated carbocycles. The van der Waals surface area contributed by atoms with Gasteiger partial charge in [0.15, 0.2) is 0 Å². The molecule has 10 aliphatic heterocycles. The molecule has 0 aliphatic carbocycles. The van der Waals surface area contributed by atoms with E-state index < -0.39 is 6.51 Å². The molecule has 0 aromatic rings. The summed E-state index contributed by atoms with van der Waals surface area (Å²) in [5.41, 5.74) is 0. The van der Waals surface area contributed by atoms with Gasteiger partial charge < -0.3 is 0 Å². The molecule has 10 rings (SSSR count). The second kappa shape index (κ2) is 0.799. The van der Waals surface area contributed by atoms with E-state index in [1.807, 2.05) is 0 Å². The molecule has 10 fully saturated rings. The molecular weight excluding hydrogens is 366 g/mol. The maximum absolute atomic E-state index is 6.71. The molecule has 10 aliphatic rings. The second-order valence-electron chi connectivity index (χ2n) is 11.0. The average molecular weight is 380 g/mol. The Balaban J connectivity index is 1.72. The third-order valence-electron chi connectivity index (χ3n) is 17.2.